The molecule has 0 aliphatic heterocycles. The molecule has 0 saturated carbocycles. The van der Waals surface area contributed by atoms with E-state index in [1.165, 1.54) is 49.1 Å². The molecule has 35 heavy (non-hydrogen) atoms. The zero-order valence-electron chi connectivity index (χ0n) is 17.3. The van der Waals surface area contributed by atoms with Gasteiger partial charge in [0.05, 0.1) is 46.7 Å². The molecule has 14 heteroatoms. The second-order valence-electron chi connectivity index (χ2n) is 7.20. The monoisotopic (exact) mass is 500 g/mol. The van der Waals surface area contributed by atoms with Crippen molar-refractivity contribution in [3.05, 3.63) is 89.0 Å². The van der Waals surface area contributed by atoms with Crippen molar-refractivity contribution in [1.82, 2.24) is 29.8 Å². The molecule has 1 N–H and O–H groups in total. The molecule has 0 aliphatic rings. The minimum atomic E-state index is -4.93. The molecule has 0 saturated heterocycles. The minimum absolute atomic E-state index is 0.0512. The van der Waals surface area contributed by atoms with E-state index >= 15 is 0 Å². The fourth-order valence-corrected chi connectivity index (χ4v) is 3.76. The molecule has 0 spiro atoms. The number of carbonyl (C=O) groups is 1. The Morgan fingerprint density at radius 3 is 2.60 bits per heavy atom. The van der Waals surface area contributed by atoms with Crippen molar-refractivity contribution in [1.29, 1.82) is 0 Å². The number of benzene rings is 1. The first-order valence-electron chi connectivity index (χ1n) is 9.83. The van der Waals surface area contributed by atoms with E-state index < -0.39 is 23.3 Å². The van der Waals surface area contributed by atoms with Crippen molar-refractivity contribution >= 4 is 34.0 Å². The Bertz CT molecular complexity index is 1570. The van der Waals surface area contributed by atoms with Crippen molar-refractivity contribution in [2.45, 2.75) is 6.18 Å². The van der Waals surface area contributed by atoms with Crippen LogP contribution in [0.4, 0.5) is 18.9 Å². The third kappa shape index (κ3) is 4.12. The predicted octanol–water partition coefficient (Wildman–Crippen LogP) is 3.56. The van der Waals surface area contributed by atoms with Gasteiger partial charge in [0.2, 0.25) is 0 Å². The highest BCUT2D eigenvalue weighted by Crippen LogP contribution is 2.35. The van der Waals surface area contributed by atoms with Crippen molar-refractivity contribution in [2.24, 2.45) is 0 Å². The van der Waals surface area contributed by atoms with Crippen LogP contribution in [0.2, 0.25) is 5.02 Å². The van der Waals surface area contributed by atoms with Crippen LogP contribution in [0.25, 0.3) is 22.3 Å². The van der Waals surface area contributed by atoms with Gasteiger partial charge in [-0.15, -0.1) is 4.80 Å². The largest absolute Gasteiger partial charge is 0.619 e. The lowest BCUT2D eigenvalue weighted by molar-refractivity contribution is -0.603. The third-order valence-corrected chi connectivity index (χ3v) is 5.25. The number of alkyl halides is 3. The SMILES string of the molecule is O=C(Nc1cnc(-n2nccn2)c(Cl)c1)c1cnn(-c2cccc3c[n+]([O-])ccc23)c1C(F)(F)F. The molecule has 0 unspecified atom stereocenters. The van der Waals surface area contributed by atoms with E-state index in [1.807, 2.05) is 0 Å². The number of halogens is 4. The van der Waals surface area contributed by atoms with Gasteiger partial charge < -0.3 is 10.5 Å². The van der Waals surface area contributed by atoms with Gasteiger partial charge in [-0.05, 0) is 18.2 Å². The summed E-state index contributed by atoms with van der Waals surface area (Å²) in [7, 11) is 0. The Morgan fingerprint density at radius 2 is 1.89 bits per heavy atom. The maximum Gasteiger partial charge on any atom is 0.434 e. The van der Waals surface area contributed by atoms with Crippen LogP contribution in [-0.2, 0) is 6.18 Å². The van der Waals surface area contributed by atoms with Crippen molar-refractivity contribution in [2.75, 3.05) is 5.32 Å². The lowest BCUT2D eigenvalue weighted by Gasteiger charge is -2.14. The molecule has 10 nitrogen and oxygen atoms in total. The summed E-state index contributed by atoms with van der Waals surface area (Å²) in [5.74, 6) is -0.891. The molecule has 0 aliphatic carbocycles. The van der Waals surface area contributed by atoms with E-state index in [1.54, 1.807) is 6.07 Å². The molecule has 0 bridgehead atoms. The lowest BCUT2D eigenvalue weighted by Crippen LogP contribution is -2.24. The summed E-state index contributed by atoms with van der Waals surface area (Å²) in [6.07, 6.45) is 2.33. The summed E-state index contributed by atoms with van der Waals surface area (Å²) in [6.45, 7) is 0. The van der Waals surface area contributed by atoms with Gasteiger partial charge in [0.1, 0.15) is 0 Å². The number of amides is 1. The highest BCUT2D eigenvalue weighted by molar-refractivity contribution is 6.32. The highest BCUT2D eigenvalue weighted by atomic mass is 35.5. The van der Waals surface area contributed by atoms with Gasteiger partial charge in [-0.2, -0.15) is 33.2 Å². The predicted molar refractivity (Wildman–Crippen MR) is 117 cm³/mol. The number of anilines is 1. The number of hydrogen-bond donors (Lipinski definition) is 1. The number of carbonyl (C=O) groups excluding carboxylic acids is 1. The normalized spacial score (nSPS) is 11.7. The summed E-state index contributed by atoms with van der Waals surface area (Å²) in [5.41, 5.74) is -1.88. The first-order chi connectivity index (χ1) is 16.7. The summed E-state index contributed by atoms with van der Waals surface area (Å²) in [6, 6.07) is 7.17. The molecule has 5 aromatic rings. The van der Waals surface area contributed by atoms with Crippen LogP contribution in [0.1, 0.15) is 16.1 Å². The molecule has 4 heterocycles. The number of nitrogens with zero attached hydrogens (tertiary/aromatic N) is 7. The van der Waals surface area contributed by atoms with Gasteiger partial charge in [-0.1, -0.05) is 17.7 Å². The lowest BCUT2D eigenvalue weighted by atomic mass is 10.1. The van der Waals surface area contributed by atoms with E-state index in [4.69, 9.17) is 11.6 Å². The van der Waals surface area contributed by atoms with Crippen LogP contribution in [-0.4, -0.2) is 35.7 Å². The molecule has 1 aromatic carbocycles. The number of rotatable bonds is 4. The van der Waals surface area contributed by atoms with Gasteiger partial charge in [0, 0.05) is 16.8 Å². The first-order valence-corrected chi connectivity index (χ1v) is 10.2. The van der Waals surface area contributed by atoms with Crippen LogP contribution in [0, 0.1) is 5.21 Å². The maximum atomic E-state index is 14.1. The third-order valence-electron chi connectivity index (χ3n) is 4.97. The van der Waals surface area contributed by atoms with Crippen LogP contribution in [0.15, 0.2) is 67.5 Å². The van der Waals surface area contributed by atoms with E-state index in [2.05, 4.69) is 25.6 Å². The van der Waals surface area contributed by atoms with E-state index in [0.717, 1.165) is 17.2 Å². The molecule has 4 aromatic heterocycles. The Kier molecular flexibility index (Phi) is 5.32. The average Bonchev–Trinajstić information content (AvgIpc) is 3.49. The second-order valence-corrected chi connectivity index (χ2v) is 7.61. The standard InChI is InChI=1S/C21H12ClF3N8O2/c22-16-8-13(9-26-19(16)33-27-5-6-28-33)30-20(34)15-10-29-32(18(15)21(23,24)25)17-3-1-2-12-11-31(35)7-4-14(12)17/h1-11H,(H,30,34). The molecule has 1 amide bonds. The zero-order chi connectivity index (χ0) is 24.7. The Morgan fingerprint density at radius 1 is 1.11 bits per heavy atom. The number of hydrogen-bond acceptors (Lipinski definition) is 6. The van der Waals surface area contributed by atoms with E-state index in [9.17, 15) is 23.2 Å². The molecular weight excluding hydrogens is 489 g/mol. The van der Waals surface area contributed by atoms with Gasteiger partial charge in [0.25, 0.3) is 5.91 Å². The summed E-state index contributed by atoms with van der Waals surface area (Å²) >= 11 is 6.17. The van der Waals surface area contributed by atoms with Crippen molar-refractivity contribution < 1.29 is 22.7 Å². The fraction of sp³-hybridized carbons (Fsp3) is 0.0476. The number of fused-ring (bicyclic) bond motifs is 1. The quantitative estimate of drug-likeness (QED) is 0.298. The molecule has 5 rings (SSSR count). The van der Waals surface area contributed by atoms with Gasteiger partial charge >= 0.3 is 6.18 Å². The Hall–Kier alpha value is -4.52. The number of pyridine rings is 2. The maximum absolute atomic E-state index is 14.1. The highest BCUT2D eigenvalue weighted by Gasteiger charge is 2.41. The summed E-state index contributed by atoms with van der Waals surface area (Å²) < 4.78 is 43.5. The molecule has 0 fully saturated rings. The Labute approximate surface area is 198 Å². The smallest absolute Gasteiger partial charge is 0.434 e. The number of nitrogens with one attached hydrogen (secondary N) is 1. The molecule has 0 atom stereocenters. The van der Waals surface area contributed by atoms with Crippen molar-refractivity contribution in [3.8, 4) is 11.5 Å². The molecule has 0 radical (unpaired) electrons. The molecule has 176 valence electrons. The van der Waals surface area contributed by atoms with Gasteiger partial charge in [0.15, 0.2) is 23.9 Å². The van der Waals surface area contributed by atoms with Gasteiger partial charge in [-0.3, -0.25) is 4.79 Å². The number of aromatic nitrogens is 7. The average molecular weight is 501 g/mol. The Balaban J connectivity index is 1.53. The van der Waals surface area contributed by atoms with Crippen LogP contribution in [0.5, 0.6) is 0 Å². The van der Waals surface area contributed by atoms with Crippen LogP contribution in [0.3, 0.4) is 0 Å². The summed E-state index contributed by atoms with van der Waals surface area (Å²) in [5, 5.41) is 26.4. The topological polar surface area (TPSA) is 117 Å². The second kappa shape index (κ2) is 8.36. The molecular formula is C21H12ClF3N8O2. The summed E-state index contributed by atoms with van der Waals surface area (Å²) in [4.78, 5) is 18.1. The minimum Gasteiger partial charge on any atom is -0.619 e. The van der Waals surface area contributed by atoms with Gasteiger partial charge in [-0.25, -0.2) is 9.67 Å². The van der Waals surface area contributed by atoms with E-state index in [-0.39, 0.29) is 22.2 Å². The first kappa shape index (κ1) is 22.3. The van der Waals surface area contributed by atoms with Crippen LogP contribution >= 0.6 is 11.6 Å². The van der Waals surface area contributed by atoms with Crippen molar-refractivity contribution in [3.63, 3.8) is 0 Å². The van der Waals surface area contributed by atoms with Crippen LogP contribution < -0.4 is 10.0 Å². The zero-order valence-corrected chi connectivity index (χ0v) is 18.1. The van der Waals surface area contributed by atoms with E-state index in [0.29, 0.717) is 20.2 Å². The fourth-order valence-electron chi connectivity index (χ4n) is 3.52.